The van der Waals surface area contributed by atoms with E-state index in [4.69, 9.17) is 16.3 Å². The van der Waals surface area contributed by atoms with E-state index in [0.29, 0.717) is 10.8 Å². The van der Waals surface area contributed by atoms with Crippen molar-refractivity contribution in [2.75, 3.05) is 6.61 Å². The molecule has 0 heterocycles. The predicted octanol–water partition coefficient (Wildman–Crippen LogP) is 3.19. The highest BCUT2D eigenvalue weighted by molar-refractivity contribution is 7.89. The van der Waals surface area contributed by atoms with E-state index < -0.39 is 15.9 Å². The summed E-state index contributed by atoms with van der Waals surface area (Å²) in [7, 11) is -3.90. The van der Waals surface area contributed by atoms with Gasteiger partial charge in [-0.3, -0.25) is 10.2 Å². The lowest BCUT2D eigenvalue weighted by molar-refractivity contribution is -0.123. The molecule has 0 unspecified atom stereocenters. The maximum Gasteiger partial charge on any atom is 0.272 e. The Morgan fingerprint density at radius 1 is 1.04 bits per heavy atom. The van der Waals surface area contributed by atoms with Gasteiger partial charge in [-0.05, 0) is 53.6 Å². The SMILES string of the molecule is Cc1cc(Cl)ccc1OCC(=O)NNS(=O)(=O)c1ccc2ccccc2c1. The fraction of sp³-hybridized carbons (Fsp3) is 0.105. The molecule has 3 rings (SSSR count). The van der Waals surface area contributed by atoms with Gasteiger partial charge in [0.1, 0.15) is 5.75 Å². The molecule has 3 aromatic rings. The first-order valence-electron chi connectivity index (χ1n) is 8.03. The Morgan fingerprint density at radius 2 is 1.78 bits per heavy atom. The Kier molecular flexibility index (Phi) is 5.65. The van der Waals surface area contributed by atoms with Crippen molar-refractivity contribution in [1.82, 2.24) is 10.3 Å². The number of halogens is 1. The van der Waals surface area contributed by atoms with E-state index in [1.165, 1.54) is 12.1 Å². The summed E-state index contributed by atoms with van der Waals surface area (Å²) in [5, 5.41) is 2.27. The van der Waals surface area contributed by atoms with Crippen LogP contribution in [0.4, 0.5) is 0 Å². The summed E-state index contributed by atoms with van der Waals surface area (Å²) < 4.78 is 30.1. The van der Waals surface area contributed by atoms with E-state index in [1.807, 2.05) is 24.3 Å². The molecule has 0 atom stereocenters. The number of nitrogens with one attached hydrogen (secondary N) is 2. The lowest BCUT2D eigenvalue weighted by Crippen LogP contribution is -2.43. The first kappa shape index (κ1) is 19.2. The van der Waals surface area contributed by atoms with Gasteiger partial charge in [0.15, 0.2) is 6.61 Å². The fourth-order valence-corrected chi connectivity index (χ4v) is 3.59. The zero-order valence-corrected chi connectivity index (χ0v) is 16.0. The largest absolute Gasteiger partial charge is 0.483 e. The van der Waals surface area contributed by atoms with E-state index in [1.54, 1.807) is 31.2 Å². The third-order valence-corrected chi connectivity index (χ3v) is 5.33. The molecule has 1 amide bonds. The van der Waals surface area contributed by atoms with Crippen LogP contribution in [-0.2, 0) is 14.8 Å². The minimum absolute atomic E-state index is 0.0518. The van der Waals surface area contributed by atoms with Gasteiger partial charge in [0.05, 0.1) is 4.90 Å². The van der Waals surface area contributed by atoms with Gasteiger partial charge >= 0.3 is 0 Å². The van der Waals surface area contributed by atoms with Crippen LogP contribution in [0.1, 0.15) is 5.56 Å². The van der Waals surface area contributed by atoms with E-state index >= 15 is 0 Å². The number of carbonyl (C=O) groups excluding carboxylic acids is 1. The second-order valence-corrected chi connectivity index (χ2v) is 7.98. The fourth-order valence-electron chi connectivity index (χ4n) is 2.47. The lowest BCUT2D eigenvalue weighted by atomic mass is 10.1. The minimum atomic E-state index is -3.90. The molecule has 6 nitrogen and oxygen atoms in total. The first-order valence-corrected chi connectivity index (χ1v) is 9.90. The van der Waals surface area contributed by atoms with Gasteiger partial charge < -0.3 is 4.74 Å². The van der Waals surface area contributed by atoms with Gasteiger partial charge in [0.2, 0.25) is 0 Å². The van der Waals surface area contributed by atoms with Crippen molar-refractivity contribution in [1.29, 1.82) is 0 Å². The zero-order chi connectivity index (χ0) is 19.4. The number of carbonyl (C=O) groups is 1. The quantitative estimate of drug-likeness (QED) is 0.618. The molecule has 0 saturated carbocycles. The van der Waals surface area contributed by atoms with Crippen LogP contribution in [0.25, 0.3) is 10.8 Å². The highest BCUT2D eigenvalue weighted by atomic mass is 35.5. The Balaban J connectivity index is 1.61. The van der Waals surface area contributed by atoms with Crippen LogP contribution in [0.3, 0.4) is 0 Å². The summed E-state index contributed by atoms with van der Waals surface area (Å²) in [5.74, 6) is -0.138. The molecule has 3 aromatic carbocycles. The number of aryl methyl sites for hydroxylation is 1. The van der Waals surface area contributed by atoms with Crippen LogP contribution in [0, 0.1) is 6.92 Å². The van der Waals surface area contributed by atoms with Crippen LogP contribution in [0.2, 0.25) is 5.02 Å². The second-order valence-electron chi connectivity index (χ2n) is 5.86. The molecular weight excluding hydrogens is 388 g/mol. The van der Waals surface area contributed by atoms with Crippen LogP contribution in [-0.4, -0.2) is 20.9 Å². The number of ether oxygens (including phenoxy) is 1. The number of hydrogen-bond acceptors (Lipinski definition) is 4. The summed E-state index contributed by atoms with van der Waals surface area (Å²) in [6.07, 6.45) is 0. The molecule has 0 aliphatic carbocycles. The smallest absolute Gasteiger partial charge is 0.272 e. The van der Waals surface area contributed by atoms with Crippen LogP contribution >= 0.6 is 11.6 Å². The maximum atomic E-state index is 12.4. The summed E-state index contributed by atoms with van der Waals surface area (Å²) in [6, 6.07) is 17.1. The van der Waals surface area contributed by atoms with Crippen molar-refractivity contribution in [3.05, 3.63) is 71.2 Å². The monoisotopic (exact) mass is 404 g/mol. The van der Waals surface area contributed by atoms with Crippen molar-refractivity contribution in [3.8, 4) is 5.75 Å². The molecule has 0 aromatic heterocycles. The molecule has 8 heteroatoms. The molecule has 0 fully saturated rings. The number of amides is 1. The Morgan fingerprint density at radius 3 is 2.52 bits per heavy atom. The molecule has 140 valence electrons. The standard InChI is InChI=1S/C19H17ClN2O4S/c1-13-10-16(20)7-9-18(13)26-12-19(23)21-22-27(24,25)17-8-6-14-4-2-3-5-15(14)11-17/h2-11,22H,12H2,1H3,(H,21,23). The molecular formula is C19H17ClN2O4S. The van der Waals surface area contributed by atoms with Gasteiger partial charge in [0, 0.05) is 5.02 Å². The van der Waals surface area contributed by atoms with E-state index in [-0.39, 0.29) is 11.5 Å². The third kappa shape index (κ3) is 4.77. The Labute approximate surface area is 162 Å². The van der Waals surface area contributed by atoms with Crippen molar-refractivity contribution in [2.45, 2.75) is 11.8 Å². The highest BCUT2D eigenvalue weighted by Crippen LogP contribution is 2.21. The van der Waals surface area contributed by atoms with Gasteiger partial charge in [-0.25, -0.2) is 8.42 Å². The first-order chi connectivity index (χ1) is 12.8. The maximum absolute atomic E-state index is 12.4. The lowest BCUT2D eigenvalue weighted by Gasteiger charge is -2.11. The van der Waals surface area contributed by atoms with Gasteiger partial charge in [-0.1, -0.05) is 41.9 Å². The van der Waals surface area contributed by atoms with E-state index in [0.717, 1.165) is 16.3 Å². The number of hydrogen-bond donors (Lipinski definition) is 2. The molecule has 2 N–H and O–H groups in total. The van der Waals surface area contributed by atoms with Crippen LogP contribution < -0.4 is 15.0 Å². The van der Waals surface area contributed by atoms with Gasteiger partial charge in [-0.2, -0.15) is 0 Å². The van der Waals surface area contributed by atoms with Gasteiger partial charge in [0.25, 0.3) is 15.9 Å². The molecule has 0 bridgehead atoms. The average molecular weight is 405 g/mol. The topological polar surface area (TPSA) is 84.5 Å². The average Bonchev–Trinajstić information content (AvgIpc) is 2.65. The summed E-state index contributed by atoms with van der Waals surface area (Å²) >= 11 is 5.86. The predicted molar refractivity (Wildman–Crippen MR) is 104 cm³/mol. The summed E-state index contributed by atoms with van der Waals surface area (Å²) in [4.78, 5) is 14.0. The summed E-state index contributed by atoms with van der Waals surface area (Å²) in [6.45, 7) is 1.45. The number of hydrazine groups is 1. The highest BCUT2D eigenvalue weighted by Gasteiger charge is 2.16. The van der Waals surface area contributed by atoms with Crippen molar-refractivity contribution < 1.29 is 17.9 Å². The third-order valence-electron chi connectivity index (χ3n) is 3.85. The van der Waals surface area contributed by atoms with Crippen LogP contribution in [0.5, 0.6) is 5.75 Å². The molecule has 0 saturated heterocycles. The van der Waals surface area contributed by atoms with Gasteiger partial charge in [-0.15, -0.1) is 4.83 Å². The minimum Gasteiger partial charge on any atom is -0.483 e. The summed E-state index contributed by atoms with van der Waals surface area (Å²) in [5.41, 5.74) is 2.91. The Hall–Kier alpha value is -2.61. The molecule has 0 aliphatic rings. The molecule has 0 radical (unpaired) electrons. The molecule has 0 aliphatic heterocycles. The molecule has 27 heavy (non-hydrogen) atoms. The van der Waals surface area contributed by atoms with E-state index in [2.05, 4.69) is 10.3 Å². The Bertz CT molecular complexity index is 1100. The number of rotatable bonds is 6. The second kappa shape index (κ2) is 7.96. The number of benzene rings is 3. The van der Waals surface area contributed by atoms with E-state index in [9.17, 15) is 13.2 Å². The zero-order valence-electron chi connectivity index (χ0n) is 14.4. The molecule has 0 spiro atoms. The van der Waals surface area contributed by atoms with Crippen LogP contribution in [0.15, 0.2) is 65.6 Å². The van der Waals surface area contributed by atoms with Crippen molar-refractivity contribution >= 4 is 38.3 Å². The number of sulfonamides is 1. The van der Waals surface area contributed by atoms with Crippen molar-refractivity contribution in [2.24, 2.45) is 0 Å². The van der Waals surface area contributed by atoms with Crippen molar-refractivity contribution in [3.63, 3.8) is 0 Å². The normalized spacial score (nSPS) is 11.3. The number of fused-ring (bicyclic) bond motifs is 1.